The van der Waals surface area contributed by atoms with Gasteiger partial charge in [-0.3, -0.25) is 14.9 Å². The normalized spacial score (nSPS) is 19.9. The molecular weight excluding hydrogens is 592 g/mol. The molecule has 2 aliphatic rings. The van der Waals surface area contributed by atoms with E-state index < -0.39 is 30.1 Å². The summed E-state index contributed by atoms with van der Waals surface area (Å²) in [4.78, 5) is 60.5. The van der Waals surface area contributed by atoms with Gasteiger partial charge in [-0.15, -0.1) is 0 Å². The van der Waals surface area contributed by atoms with Gasteiger partial charge in [-0.2, -0.15) is 0 Å². The molecule has 1 aromatic rings. The van der Waals surface area contributed by atoms with Gasteiger partial charge in [0.15, 0.2) is 0 Å². The van der Waals surface area contributed by atoms with Crippen molar-refractivity contribution < 1.29 is 43.7 Å². The highest BCUT2D eigenvalue weighted by Gasteiger charge is 2.50. The van der Waals surface area contributed by atoms with E-state index in [4.69, 9.17) is 19.7 Å². The lowest BCUT2D eigenvalue weighted by Gasteiger charge is -2.32. The Morgan fingerprint density at radius 1 is 0.935 bits per heavy atom. The lowest BCUT2D eigenvalue weighted by Crippen LogP contribution is -2.55. The van der Waals surface area contributed by atoms with Gasteiger partial charge >= 0.3 is 23.9 Å². The molecule has 1 heterocycles. The van der Waals surface area contributed by atoms with Crippen molar-refractivity contribution in [3.8, 4) is 0 Å². The molecule has 46 heavy (non-hydrogen) atoms. The smallest absolute Gasteiger partial charge is 0.328 e. The van der Waals surface area contributed by atoms with Gasteiger partial charge in [0.05, 0.1) is 19.3 Å². The van der Waals surface area contributed by atoms with Crippen LogP contribution in [0.1, 0.15) is 97.0 Å². The molecule has 1 aliphatic heterocycles. The molecule has 2 fully saturated rings. The first-order chi connectivity index (χ1) is 22.1. The van der Waals surface area contributed by atoms with Crippen LogP contribution in [0.5, 0.6) is 0 Å². The quantitative estimate of drug-likeness (QED) is 0.114. The van der Waals surface area contributed by atoms with Gasteiger partial charge in [0.25, 0.3) is 0 Å². The predicted molar refractivity (Wildman–Crippen MR) is 173 cm³/mol. The SMILES string of the molecule is CCCCCCCCOC(=O)[C@H]1C[C@H]2CCC[C@H]2N1C(=O)[C@@H](C)N[C@H](CCc1ccccc1)C(=O)OCC.O=C(O)/C=C\C(=O)O. The summed E-state index contributed by atoms with van der Waals surface area (Å²) >= 11 is 0. The number of unbranched alkanes of at least 4 members (excludes halogenated alkanes) is 5. The molecule has 0 spiro atoms. The average Bonchev–Trinajstić information content (AvgIpc) is 3.64. The minimum absolute atomic E-state index is 0.0729. The number of benzene rings is 1. The number of carbonyl (C=O) groups excluding carboxylic acids is 3. The third-order valence-electron chi connectivity index (χ3n) is 8.43. The number of ether oxygens (including phenoxy) is 2. The van der Waals surface area contributed by atoms with Crippen LogP contribution in [0.4, 0.5) is 0 Å². The van der Waals surface area contributed by atoms with E-state index in [1.807, 2.05) is 30.3 Å². The van der Waals surface area contributed by atoms with Crippen molar-refractivity contribution in [1.82, 2.24) is 10.2 Å². The molecule has 1 saturated carbocycles. The fourth-order valence-corrected chi connectivity index (χ4v) is 6.18. The summed E-state index contributed by atoms with van der Waals surface area (Å²) < 4.78 is 11.0. The van der Waals surface area contributed by atoms with Crippen LogP contribution in [0.2, 0.25) is 0 Å². The summed E-state index contributed by atoms with van der Waals surface area (Å²) in [7, 11) is 0. The van der Waals surface area contributed by atoms with Crippen LogP contribution in [0.25, 0.3) is 0 Å². The second-order valence-corrected chi connectivity index (χ2v) is 11.9. The zero-order chi connectivity index (χ0) is 33.9. The predicted octanol–water partition coefficient (Wildman–Crippen LogP) is 4.91. The number of aliphatic carboxylic acids is 2. The van der Waals surface area contributed by atoms with Gasteiger partial charge in [-0.1, -0.05) is 75.8 Å². The Morgan fingerprint density at radius 3 is 2.22 bits per heavy atom. The van der Waals surface area contributed by atoms with Crippen molar-refractivity contribution in [3.05, 3.63) is 48.0 Å². The lowest BCUT2D eigenvalue weighted by atomic mass is 10.0. The number of nitrogens with one attached hydrogen (secondary N) is 1. The first-order valence-electron chi connectivity index (χ1n) is 16.7. The third kappa shape index (κ3) is 13.3. The zero-order valence-electron chi connectivity index (χ0n) is 27.5. The number of carbonyl (C=O) groups is 5. The Hall–Kier alpha value is -3.73. The Morgan fingerprint density at radius 2 is 1.59 bits per heavy atom. The molecule has 3 rings (SSSR count). The zero-order valence-corrected chi connectivity index (χ0v) is 27.5. The topological polar surface area (TPSA) is 160 Å². The molecule has 0 radical (unpaired) electrons. The van der Waals surface area contributed by atoms with E-state index in [9.17, 15) is 24.0 Å². The van der Waals surface area contributed by atoms with E-state index >= 15 is 0 Å². The van der Waals surface area contributed by atoms with Crippen molar-refractivity contribution >= 4 is 29.8 Å². The largest absolute Gasteiger partial charge is 0.478 e. The minimum Gasteiger partial charge on any atom is -0.478 e. The van der Waals surface area contributed by atoms with E-state index in [2.05, 4.69) is 12.2 Å². The molecule has 0 aromatic heterocycles. The molecule has 1 aliphatic carbocycles. The van der Waals surface area contributed by atoms with Gasteiger partial charge in [0, 0.05) is 18.2 Å². The summed E-state index contributed by atoms with van der Waals surface area (Å²) in [5, 5.41) is 18.9. The Labute approximate surface area is 272 Å². The van der Waals surface area contributed by atoms with Gasteiger partial charge in [-0.05, 0) is 63.9 Å². The number of hydrogen-bond acceptors (Lipinski definition) is 8. The number of fused-ring (bicyclic) bond motifs is 1. The molecule has 5 atom stereocenters. The fourth-order valence-electron chi connectivity index (χ4n) is 6.18. The van der Waals surface area contributed by atoms with E-state index in [1.165, 1.54) is 25.7 Å². The fraction of sp³-hybridized carbons (Fsp3) is 0.629. The molecule has 1 aromatic carbocycles. The summed E-state index contributed by atoms with van der Waals surface area (Å²) in [5.74, 6) is -2.93. The third-order valence-corrected chi connectivity index (χ3v) is 8.43. The van der Waals surface area contributed by atoms with E-state index in [0.717, 1.165) is 37.7 Å². The van der Waals surface area contributed by atoms with Gasteiger partial charge in [0.2, 0.25) is 5.91 Å². The molecule has 3 N–H and O–H groups in total. The number of aryl methyl sites for hydroxylation is 1. The maximum atomic E-state index is 13.8. The minimum atomic E-state index is -1.26. The highest BCUT2D eigenvalue weighted by atomic mass is 16.5. The lowest BCUT2D eigenvalue weighted by molar-refractivity contribution is -0.156. The van der Waals surface area contributed by atoms with Gasteiger partial charge < -0.3 is 24.6 Å². The number of nitrogens with zero attached hydrogens (tertiary/aromatic N) is 1. The average molecular weight is 645 g/mol. The Bertz CT molecular complexity index is 1120. The van der Waals surface area contributed by atoms with Crippen LogP contribution in [-0.4, -0.2) is 82.3 Å². The molecule has 0 unspecified atom stereocenters. The highest BCUT2D eigenvalue weighted by Crippen LogP contribution is 2.42. The van der Waals surface area contributed by atoms with Crippen LogP contribution in [0.3, 0.4) is 0 Å². The number of carboxylic acids is 2. The molecule has 11 nitrogen and oxygen atoms in total. The second-order valence-electron chi connectivity index (χ2n) is 11.9. The summed E-state index contributed by atoms with van der Waals surface area (Å²) in [5.41, 5.74) is 1.13. The molecule has 256 valence electrons. The highest BCUT2D eigenvalue weighted by molar-refractivity contribution is 5.90. The number of rotatable bonds is 18. The second kappa shape index (κ2) is 21.1. The van der Waals surface area contributed by atoms with Crippen molar-refractivity contribution in [1.29, 1.82) is 0 Å². The van der Waals surface area contributed by atoms with E-state index in [-0.39, 0.29) is 30.5 Å². The van der Waals surface area contributed by atoms with Crippen LogP contribution in [-0.2, 0) is 39.9 Å². The monoisotopic (exact) mass is 644 g/mol. The van der Waals surface area contributed by atoms with Crippen molar-refractivity contribution in [3.63, 3.8) is 0 Å². The number of amides is 1. The van der Waals surface area contributed by atoms with Crippen LogP contribution in [0, 0.1) is 5.92 Å². The van der Waals surface area contributed by atoms with Gasteiger partial charge in [-0.25, -0.2) is 14.4 Å². The van der Waals surface area contributed by atoms with Crippen molar-refractivity contribution in [2.24, 2.45) is 5.92 Å². The van der Waals surface area contributed by atoms with Gasteiger partial charge in [0.1, 0.15) is 12.1 Å². The maximum absolute atomic E-state index is 13.8. The number of likely N-dealkylation sites (tertiary alicyclic amines) is 1. The van der Waals surface area contributed by atoms with Crippen molar-refractivity contribution in [2.45, 2.75) is 122 Å². The standard InChI is InChI=1S/C31H48N2O5.C4H4O4/c1-4-6-7-8-9-13-21-38-31(36)28-22-25-17-14-18-27(25)33(28)29(34)23(3)32-26(30(35)37-5-2)20-19-24-15-11-10-12-16-24;5-3(6)1-2-4(7)8/h10-12,15-16,23,25-28,32H,4-9,13-14,17-22H2,1-3H3;1-2H,(H,5,6)(H,7,8)/b;2-1-/t23-,25-,26-,27-,28-;/m1./s1. The molecule has 1 amide bonds. The first-order valence-corrected chi connectivity index (χ1v) is 16.7. The Kier molecular flexibility index (Phi) is 17.7. The van der Waals surface area contributed by atoms with Crippen LogP contribution < -0.4 is 5.32 Å². The summed E-state index contributed by atoms with van der Waals surface area (Å²) in [6, 6.07) is 8.30. The molecule has 11 heteroatoms. The molecule has 1 saturated heterocycles. The Balaban J connectivity index is 0.000000812. The van der Waals surface area contributed by atoms with Crippen LogP contribution in [0.15, 0.2) is 42.5 Å². The first kappa shape index (κ1) is 38.5. The summed E-state index contributed by atoms with van der Waals surface area (Å²) in [6.07, 6.45) is 12.8. The number of hydrogen-bond donors (Lipinski definition) is 3. The molecule has 0 bridgehead atoms. The van der Waals surface area contributed by atoms with E-state index in [0.29, 0.717) is 43.9 Å². The van der Waals surface area contributed by atoms with E-state index in [1.54, 1.807) is 18.7 Å². The number of carboxylic acid groups (broad SMARTS) is 2. The molecular formula is C35H52N2O9. The maximum Gasteiger partial charge on any atom is 0.328 e. The van der Waals surface area contributed by atoms with Crippen LogP contribution >= 0.6 is 0 Å². The van der Waals surface area contributed by atoms with Crippen molar-refractivity contribution in [2.75, 3.05) is 13.2 Å². The summed E-state index contributed by atoms with van der Waals surface area (Å²) in [6.45, 7) is 6.47. The number of esters is 2.